The SMILES string of the molecule is CCCNCCCCN1CCCC(C(C)C)CC1. The van der Waals surface area contributed by atoms with Gasteiger partial charge in [-0.2, -0.15) is 0 Å². The Bertz CT molecular complexity index is 192. The minimum absolute atomic E-state index is 0.878. The lowest BCUT2D eigenvalue weighted by atomic mass is 9.89. The van der Waals surface area contributed by atoms with Crippen LogP contribution in [0.3, 0.4) is 0 Å². The van der Waals surface area contributed by atoms with Gasteiger partial charge in [0.1, 0.15) is 0 Å². The molecule has 0 amide bonds. The number of nitrogens with zero attached hydrogens (tertiary/aromatic N) is 1. The lowest BCUT2D eigenvalue weighted by molar-refractivity contribution is 0.266. The first-order valence-electron chi connectivity index (χ1n) is 8.17. The van der Waals surface area contributed by atoms with Crippen molar-refractivity contribution in [2.45, 2.75) is 59.3 Å². The maximum Gasteiger partial charge on any atom is -0.00160 e. The number of unbranched alkanes of at least 4 members (excludes halogenated alkanes) is 1. The van der Waals surface area contributed by atoms with Gasteiger partial charge in [-0.05, 0) is 83.1 Å². The Kier molecular flexibility index (Phi) is 8.70. The largest absolute Gasteiger partial charge is 0.317 e. The molecule has 0 bridgehead atoms. The van der Waals surface area contributed by atoms with E-state index in [1.165, 1.54) is 71.2 Å². The predicted molar refractivity (Wildman–Crippen MR) is 81.0 cm³/mol. The summed E-state index contributed by atoms with van der Waals surface area (Å²) >= 11 is 0. The van der Waals surface area contributed by atoms with Crippen LogP contribution in [0.25, 0.3) is 0 Å². The van der Waals surface area contributed by atoms with Crippen molar-refractivity contribution >= 4 is 0 Å². The third-order valence-electron chi connectivity index (χ3n) is 4.31. The predicted octanol–water partition coefficient (Wildman–Crippen LogP) is 3.52. The summed E-state index contributed by atoms with van der Waals surface area (Å²) in [5.74, 6) is 1.85. The number of nitrogens with one attached hydrogen (secondary N) is 1. The quantitative estimate of drug-likeness (QED) is 0.667. The molecule has 1 saturated heterocycles. The molecule has 1 N–H and O–H groups in total. The van der Waals surface area contributed by atoms with Gasteiger partial charge in [0, 0.05) is 0 Å². The average Bonchev–Trinajstić information content (AvgIpc) is 2.59. The molecule has 1 unspecified atom stereocenters. The van der Waals surface area contributed by atoms with E-state index in [9.17, 15) is 0 Å². The summed E-state index contributed by atoms with van der Waals surface area (Å²) in [5.41, 5.74) is 0. The van der Waals surface area contributed by atoms with Crippen LogP contribution in [-0.2, 0) is 0 Å². The summed E-state index contributed by atoms with van der Waals surface area (Å²) in [7, 11) is 0. The van der Waals surface area contributed by atoms with Gasteiger partial charge in [-0.1, -0.05) is 20.8 Å². The zero-order valence-electron chi connectivity index (χ0n) is 12.9. The summed E-state index contributed by atoms with van der Waals surface area (Å²) in [6.07, 6.45) is 8.24. The van der Waals surface area contributed by atoms with Crippen molar-refractivity contribution in [3.63, 3.8) is 0 Å². The summed E-state index contributed by atoms with van der Waals surface area (Å²) < 4.78 is 0. The smallest absolute Gasteiger partial charge is 0.00160 e. The third-order valence-corrected chi connectivity index (χ3v) is 4.31. The molecule has 0 aromatic rings. The van der Waals surface area contributed by atoms with Crippen molar-refractivity contribution in [2.24, 2.45) is 11.8 Å². The van der Waals surface area contributed by atoms with E-state index in [4.69, 9.17) is 0 Å². The van der Waals surface area contributed by atoms with Crippen LogP contribution in [-0.4, -0.2) is 37.6 Å². The molecular weight excluding hydrogens is 220 g/mol. The second-order valence-corrected chi connectivity index (χ2v) is 6.23. The lowest BCUT2D eigenvalue weighted by Gasteiger charge is -2.21. The molecule has 1 fully saturated rings. The first-order chi connectivity index (χ1) is 8.74. The molecule has 1 aliphatic heterocycles. The molecule has 1 heterocycles. The Morgan fingerprint density at radius 2 is 1.94 bits per heavy atom. The monoisotopic (exact) mass is 254 g/mol. The van der Waals surface area contributed by atoms with Gasteiger partial charge in [-0.25, -0.2) is 0 Å². The van der Waals surface area contributed by atoms with Crippen molar-refractivity contribution < 1.29 is 0 Å². The first-order valence-corrected chi connectivity index (χ1v) is 8.17. The molecule has 0 aromatic carbocycles. The number of likely N-dealkylation sites (tertiary alicyclic amines) is 1. The van der Waals surface area contributed by atoms with Gasteiger partial charge >= 0.3 is 0 Å². The minimum atomic E-state index is 0.878. The minimum Gasteiger partial charge on any atom is -0.317 e. The standard InChI is InChI=1S/C16H34N2/c1-4-10-17-11-5-6-12-18-13-7-8-16(9-14-18)15(2)3/h15-17H,4-14H2,1-3H3. The van der Waals surface area contributed by atoms with E-state index in [2.05, 4.69) is 31.0 Å². The summed E-state index contributed by atoms with van der Waals surface area (Å²) in [6, 6.07) is 0. The van der Waals surface area contributed by atoms with Crippen LogP contribution < -0.4 is 5.32 Å². The highest BCUT2D eigenvalue weighted by atomic mass is 15.1. The second-order valence-electron chi connectivity index (χ2n) is 6.23. The van der Waals surface area contributed by atoms with E-state index in [0.717, 1.165) is 11.8 Å². The van der Waals surface area contributed by atoms with Crippen molar-refractivity contribution in [3.8, 4) is 0 Å². The first kappa shape index (κ1) is 16.0. The van der Waals surface area contributed by atoms with E-state index in [0.29, 0.717) is 0 Å². The van der Waals surface area contributed by atoms with Gasteiger partial charge < -0.3 is 10.2 Å². The number of rotatable bonds is 8. The Labute approximate surface area is 115 Å². The van der Waals surface area contributed by atoms with Crippen molar-refractivity contribution in [2.75, 3.05) is 32.7 Å². The zero-order valence-corrected chi connectivity index (χ0v) is 12.9. The molecule has 18 heavy (non-hydrogen) atoms. The summed E-state index contributed by atoms with van der Waals surface area (Å²) in [4.78, 5) is 2.70. The van der Waals surface area contributed by atoms with Crippen LogP contribution in [0.4, 0.5) is 0 Å². The van der Waals surface area contributed by atoms with Gasteiger partial charge in [0.2, 0.25) is 0 Å². The van der Waals surface area contributed by atoms with Gasteiger partial charge in [-0.3, -0.25) is 0 Å². The Balaban J connectivity index is 2.05. The topological polar surface area (TPSA) is 15.3 Å². The molecule has 0 saturated carbocycles. The fraction of sp³-hybridized carbons (Fsp3) is 1.00. The van der Waals surface area contributed by atoms with Crippen molar-refractivity contribution in [1.82, 2.24) is 10.2 Å². The van der Waals surface area contributed by atoms with Crippen molar-refractivity contribution in [1.29, 1.82) is 0 Å². The molecule has 2 nitrogen and oxygen atoms in total. The molecular formula is C16H34N2. The van der Waals surface area contributed by atoms with Gasteiger partial charge in [0.05, 0.1) is 0 Å². The highest BCUT2D eigenvalue weighted by Crippen LogP contribution is 2.24. The Morgan fingerprint density at radius 3 is 2.67 bits per heavy atom. The molecule has 0 aromatic heterocycles. The zero-order chi connectivity index (χ0) is 13.2. The molecule has 0 aliphatic carbocycles. The second kappa shape index (κ2) is 9.80. The van der Waals surface area contributed by atoms with Crippen LogP contribution in [0.15, 0.2) is 0 Å². The maximum absolute atomic E-state index is 3.49. The maximum atomic E-state index is 3.49. The fourth-order valence-corrected chi connectivity index (χ4v) is 2.96. The van der Waals surface area contributed by atoms with E-state index in [1.54, 1.807) is 0 Å². The van der Waals surface area contributed by atoms with E-state index in [1.807, 2.05) is 0 Å². The molecule has 0 spiro atoms. The van der Waals surface area contributed by atoms with Gasteiger partial charge in [0.15, 0.2) is 0 Å². The van der Waals surface area contributed by atoms with Crippen LogP contribution in [0.1, 0.15) is 59.3 Å². The molecule has 1 atom stereocenters. The van der Waals surface area contributed by atoms with E-state index >= 15 is 0 Å². The average molecular weight is 254 g/mol. The molecule has 0 radical (unpaired) electrons. The summed E-state index contributed by atoms with van der Waals surface area (Å²) in [6.45, 7) is 13.4. The van der Waals surface area contributed by atoms with Crippen LogP contribution in [0.5, 0.6) is 0 Å². The molecule has 1 aliphatic rings. The normalized spacial score (nSPS) is 22.3. The van der Waals surface area contributed by atoms with Gasteiger partial charge in [-0.15, -0.1) is 0 Å². The van der Waals surface area contributed by atoms with Crippen LogP contribution in [0.2, 0.25) is 0 Å². The van der Waals surface area contributed by atoms with E-state index in [-0.39, 0.29) is 0 Å². The highest BCUT2D eigenvalue weighted by Gasteiger charge is 2.18. The lowest BCUT2D eigenvalue weighted by Crippen LogP contribution is -2.27. The molecule has 2 heteroatoms. The van der Waals surface area contributed by atoms with Crippen molar-refractivity contribution in [3.05, 3.63) is 0 Å². The third kappa shape index (κ3) is 6.75. The Hall–Kier alpha value is -0.0800. The summed E-state index contributed by atoms with van der Waals surface area (Å²) in [5, 5.41) is 3.49. The highest BCUT2D eigenvalue weighted by molar-refractivity contribution is 4.72. The van der Waals surface area contributed by atoms with Crippen LogP contribution >= 0.6 is 0 Å². The number of hydrogen-bond donors (Lipinski definition) is 1. The van der Waals surface area contributed by atoms with Gasteiger partial charge in [0.25, 0.3) is 0 Å². The van der Waals surface area contributed by atoms with E-state index < -0.39 is 0 Å². The Morgan fingerprint density at radius 1 is 1.11 bits per heavy atom. The fourth-order valence-electron chi connectivity index (χ4n) is 2.96. The van der Waals surface area contributed by atoms with Crippen LogP contribution in [0, 0.1) is 11.8 Å². The molecule has 1 rings (SSSR count). The number of hydrogen-bond acceptors (Lipinski definition) is 2. The molecule has 108 valence electrons.